The van der Waals surface area contributed by atoms with E-state index in [0.717, 1.165) is 38.0 Å². The van der Waals surface area contributed by atoms with E-state index in [0.29, 0.717) is 30.8 Å². The number of ether oxygens (including phenoxy) is 2. The Bertz CT molecular complexity index is 806. The maximum absolute atomic E-state index is 11.9. The van der Waals surface area contributed by atoms with Crippen LogP contribution in [0.15, 0.2) is 12.1 Å². The Morgan fingerprint density at radius 1 is 1.45 bits per heavy atom. The molecule has 2 heterocycles. The molecule has 0 unspecified atom stereocenters. The zero-order valence-corrected chi connectivity index (χ0v) is 17.5. The fraction of sp³-hybridized carbons (Fsp3) is 0.667. The third kappa shape index (κ3) is 2.93. The number of likely N-dealkylation sites (N-methyl/N-ethyl adjacent to an activating group) is 1. The first-order valence-corrected chi connectivity index (χ1v) is 10.4. The number of hydrogen-bond donors (Lipinski definition) is 3. The first-order chi connectivity index (χ1) is 13.6. The van der Waals surface area contributed by atoms with E-state index >= 15 is 0 Å². The number of benzene rings is 1. The Labute approximate surface area is 177 Å². The number of aliphatic hydroxyl groups excluding tert-OH is 1. The van der Waals surface area contributed by atoms with Crippen LogP contribution in [0.4, 0.5) is 0 Å². The van der Waals surface area contributed by atoms with Crippen molar-refractivity contribution < 1.29 is 19.4 Å². The topological polar surface area (TPSA) is 97.1 Å². The molecule has 1 aromatic carbocycles. The van der Waals surface area contributed by atoms with Crippen molar-refractivity contribution in [1.29, 1.82) is 0 Å². The molecule has 0 radical (unpaired) electrons. The number of likely N-dealkylation sites (tertiary alicyclic amines) is 1. The maximum Gasteiger partial charge on any atom is 0.257 e. The van der Waals surface area contributed by atoms with Crippen LogP contribution in [-0.2, 0) is 16.6 Å². The molecule has 1 aromatic rings. The smallest absolute Gasteiger partial charge is 0.257 e. The molecule has 2 fully saturated rings. The molecular weight excluding hydrogens is 394 g/mol. The monoisotopic (exact) mass is 423 g/mol. The first kappa shape index (κ1) is 20.7. The summed E-state index contributed by atoms with van der Waals surface area (Å²) in [6.07, 6.45) is 3.14. The van der Waals surface area contributed by atoms with Crippen molar-refractivity contribution in [2.45, 2.75) is 49.3 Å². The second-order valence-corrected chi connectivity index (χ2v) is 8.69. The Kier molecular flexibility index (Phi) is 5.44. The minimum absolute atomic E-state index is 0. The summed E-state index contributed by atoms with van der Waals surface area (Å²) in [7, 11) is 2.22. The molecule has 4 aliphatic rings. The third-order valence-electron chi connectivity index (χ3n) is 7.37. The molecule has 0 aromatic heterocycles. The molecule has 1 amide bonds. The lowest BCUT2D eigenvalue weighted by atomic mass is 9.51. The highest BCUT2D eigenvalue weighted by Crippen LogP contribution is 2.63. The van der Waals surface area contributed by atoms with E-state index in [1.807, 2.05) is 6.07 Å². The molecule has 2 aliphatic carbocycles. The summed E-state index contributed by atoms with van der Waals surface area (Å²) in [5.41, 5.74) is 7.85. The number of nitrogens with one attached hydrogen (secondary N) is 1. The van der Waals surface area contributed by atoms with Crippen LogP contribution in [0.3, 0.4) is 0 Å². The minimum atomic E-state index is -0.459. The molecule has 2 aliphatic heterocycles. The standard InChI is InChI=1S/C21H29N3O4.ClH/c1-24-9-6-21-13-3-4-15(25)20(21)28-19-16(27-11-17(26)23-8-7-22)5-2-12(18(19)21)10-14(13)24;/h2,5,13-15,20,25H,3-4,6-11,22H2,1H3,(H,23,26);1H/t13-,14+,15-,20-,21-;/m0./s1. The van der Waals surface area contributed by atoms with Gasteiger partial charge < -0.3 is 30.5 Å². The van der Waals surface area contributed by atoms with Crippen LogP contribution in [0, 0.1) is 5.92 Å². The predicted molar refractivity (Wildman–Crippen MR) is 111 cm³/mol. The van der Waals surface area contributed by atoms with Gasteiger partial charge in [0, 0.05) is 30.1 Å². The Balaban J connectivity index is 0.00000205. The van der Waals surface area contributed by atoms with E-state index in [-0.39, 0.29) is 36.4 Å². The fourth-order valence-corrected chi connectivity index (χ4v) is 6.22. The van der Waals surface area contributed by atoms with E-state index in [1.54, 1.807) is 0 Å². The lowest BCUT2D eigenvalue weighted by Gasteiger charge is -2.58. The third-order valence-corrected chi connectivity index (χ3v) is 7.37. The largest absolute Gasteiger partial charge is 0.483 e. The van der Waals surface area contributed by atoms with Crippen LogP contribution >= 0.6 is 12.4 Å². The molecule has 1 saturated carbocycles. The number of aliphatic hydroxyl groups is 1. The summed E-state index contributed by atoms with van der Waals surface area (Å²) >= 11 is 0. The van der Waals surface area contributed by atoms with E-state index < -0.39 is 6.10 Å². The van der Waals surface area contributed by atoms with E-state index in [9.17, 15) is 9.90 Å². The van der Waals surface area contributed by atoms with Crippen LogP contribution < -0.4 is 20.5 Å². The van der Waals surface area contributed by atoms with E-state index in [1.165, 1.54) is 11.1 Å². The minimum Gasteiger partial charge on any atom is -0.483 e. The van der Waals surface area contributed by atoms with Crippen LogP contribution in [0.5, 0.6) is 11.5 Å². The number of halogens is 1. The second kappa shape index (κ2) is 7.61. The summed E-state index contributed by atoms with van der Waals surface area (Å²) in [6, 6.07) is 4.54. The SMILES string of the molecule is CN1CC[C@]23c4c5ccc(OCC(=O)NCCN)c4O[C@H]2[C@@H](O)CC[C@H]3[C@H]1C5.Cl. The Hall–Kier alpha value is -1.54. The van der Waals surface area contributed by atoms with Crippen LogP contribution in [0.1, 0.15) is 30.4 Å². The highest BCUT2D eigenvalue weighted by molar-refractivity contribution is 5.85. The lowest BCUT2D eigenvalue weighted by molar-refractivity contribution is -0.123. The fourth-order valence-electron chi connectivity index (χ4n) is 6.22. The number of piperidine rings is 1. The normalized spacial score (nSPS) is 33.9. The molecule has 7 nitrogen and oxygen atoms in total. The van der Waals surface area contributed by atoms with E-state index in [4.69, 9.17) is 15.2 Å². The van der Waals surface area contributed by atoms with Crippen molar-refractivity contribution in [1.82, 2.24) is 10.2 Å². The molecule has 5 rings (SSSR count). The number of carbonyl (C=O) groups is 1. The second-order valence-electron chi connectivity index (χ2n) is 8.69. The first-order valence-electron chi connectivity index (χ1n) is 10.4. The van der Waals surface area contributed by atoms with Gasteiger partial charge in [0.05, 0.1) is 6.10 Å². The quantitative estimate of drug-likeness (QED) is 0.641. The summed E-state index contributed by atoms with van der Waals surface area (Å²) < 4.78 is 12.3. The van der Waals surface area contributed by atoms with Crippen molar-refractivity contribution in [3.63, 3.8) is 0 Å². The number of nitrogens with zero attached hydrogens (tertiary/aromatic N) is 1. The van der Waals surface area contributed by atoms with Crippen LogP contribution in [0.25, 0.3) is 0 Å². The number of rotatable bonds is 5. The zero-order chi connectivity index (χ0) is 19.5. The molecule has 1 spiro atoms. The molecule has 1 saturated heterocycles. The van der Waals surface area contributed by atoms with Gasteiger partial charge in [-0.3, -0.25) is 4.79 Å². The summed E-state index contributed by atoms with van der Waals surface area (Å²) in [5.74, 6) is 1.66. The van der Waals surface area contributed by atoms with Gasteiger partial charge in [-0.2, -0.15) is 0 Å². The number of hydrogen-bond acceptors (Lipinski definition) is 6. The van der Waals surface area contributed by atoms with Crippen molar-refractivity contribution in [3.05, 3.63) is 23.3 Å². The molecule has 5 atom stereocenters. The molecule has 2 bridgehead atoms. The number of nitrogens with two attached hydrogens (primary N) is 1. The average molecular weight is 424 g/mol. The highest BCUT2D eigenvalue weighted by Gasteiger charge is 2.65. The van der Waals surface area contributed by atoms with Crippen molar-refractivity contribution in [3.8, 4) is 11.5 Å². The van der Waals surface area contributed by atoms with Crippen LogP contribution in [0.2, 0.25) is 0 Å². The lowest BCUT2D eigenvalue weighted by Crippen LogP contribution is -2.66. The summed E-state index contributed by atoms with van der Waals surface area (Å²) in [5, 5.41) is 13.5. The molecule has 4 N–H and O–H groups in total. The maximum atomic E-state index is 11.9. The van der Waals surface area contributed by atoms with Gasteiger partial charge in [0.1, 0.15) is 6.10 Å². The van der Waals surface area contributed by atoms with Gasteiger partial charge in [0.25, 0.3) is 5.91 Å². The summed E-state index contributed by atoms with van der Waals surface area (Å²) in [4.78, 5) is 14.4. The van der Waals surface area contributed by atoms with Gasteiger partial charge in [-0.15, -0.1) is 12.4 Å². The summed E-state index contributed by atoms with van der Waals surface area (Å²) in [6.45, 7) is 1.78. The average Bonchev–Trinajstić information content (AvgIpc) is 3.05. The van der Waals surface area contributed by atoms with E-state index in [2.05, 4.69) is 23.3 Å². The highest BCUT2D eigenvalue weighted by atomic mass is 35.5. The zero-order valence-electron chi connectivity index (χ0n) is 16.7. The van der Waals surface area contributed by atoms with Crippen molar-refractivity contribution in [2.24, 2.45) is 11.7 Å². The van der Waals surface area contributed by atoms with Gasteiger partial charge >= 0.3 is 0 Å². The van der Waals surface area contributed by atoms with Crippen LogP contribution in [-0.4, -0.2) is 67.5 Å². The van der Waals surface area contributed by atoms with Crippen molar-refractivity contribution in [2.75, 3.05) is 33.3 Å². The van der Waals surface area contributed by atoms with Gasteiger partial charge in [-0.25, -0.2) is 0 Å². The Morgan fingerprint density at radius 3 is 3.07 bits per heavy atom. The van der Waals surface area contributed by atoms with Gasteiger partial charge in [-0.05, 0) is 56.8 Å². The molecule has 8 heteroatoms. The molecular formula is C21H30ClN3O4. The Morgan fingerprint density at radius 2 is 2.28 bits per heavy atom. The van der Waals surface area contributed by atoms with Gasteiger partial charge in [0.15, 0.2) is 18.1 Å². The molecule has 29 heavy (non-hydrogen) atoms. The predicted octanol–water partition coefficient (Wildman–Crippen LogP) is 0.592. The molecule has 160 valence electrons. The van der Waals surface area contributed by atoms with Gasteiger partial charge in [-0.1, -0.05) is 6.07 Å². The van der Waals surface area contributed by atoms with Crippen molar-refractivity contribution >= 4 is 18.3 Å². The number of amides is 1. The number of carbonyl (C=O) groups excluding carboxylic acids is 1. The van der Waals surface area contributed by atoms with Gasteiger partial charge in [0.2, 0.25) is 0 Å².